The molecule has 1 heterocycles. The van der Waals surface area contributed by atoms with Gasteiger partial charge in [-0.25, -0.2) is 0 Å². The van der Waals surface area contributed by atoms with Crippen molar-refractivity contribution in [2.24, 2.45) is 4.99 Å². The van der Waals surface area contributed by atoms with E-state index in [2.05, 4.69) is 40.0 Å². The lowest BCUT2D eigenvalue weighted by atomic mass is 10.1. The Bertz CT molecular complexity index is 766. The molecule has 29 heavy (non-hydrogen) atoms. The molecule has 0 unspecified atom stereocenters. The maximum absolute atomic E-state index is 11.9. The van der Waals surface area contributed by atoms with Gasteiger partial charge < -0.3 is 20.7 Å². The van der Waals surface area contributed by atoms with Gasteiger partial charge in [0, 0.05) is 26.2 Å². The van der Waals surface area contributed by atoms with Crippen molar-refractivity contribution >= 4 is 47.2 Å². The number of guanidine groups is 1. The Labute approximate surface area is 194 Å². The van der Waals surface area contributed by atoms with E-state index in [1.807, 2.05) is 30.5 Å². The minimum atomic E-state index is -0.0175. The number of amides is 1. The van der Waals surface area contributed by atoms with Crippen molar-refractivity contribution in [3.05, 3.63) is 51.7 Å². The SMILES string of the molecule is CCNC(=NCCCNC(=O)c1cccs1)NCCc1cc(C)ccc1OC.I. The fourth-order valence-corrected chi connectivity index (χ4v) is 3.37. The number of hydrogen-bond donors (Lipinski definition) is 3. The zero-order valence-corrected chi connectivity index (χ0v) is 20.4. The Hall–Kier alpha value is -1.81. The molecule has 0 aliphatic carbocycles. The van der Waals surface area contributed by atoms with Gasteiger partial charge >= 0.3 is 0 Å². The molecule has 8 heteroatoms. The van der Waals surface area contributed by atoms with Gasteiger partial charge in [0.25, 0.3) is 5.91 Å². The summed E-state index contributed by atoms with van der Waals surface area (Å²) in [6.45, 7) is 6.95. The summed E-state index contributed by atoms with van der Waals surface area (Å²) < 4.78 is 5.44. The number of thiophene rings is 1. The van der Waals surface area contributed by atoms with E-state index >= 15 is 0 Å². The van der Waals surface area contributed by atoms with Crippen molar-refractivity contribution in [1.82, 2.24) is 16.0 Å². The van der Waals surface area contributed by atoms with Gasteiger partial charge in [-0.2, -0.15) is 0 Å². The van der Waals surface area contributed by atoms with Crippen LogP contribution in [0, 0.1) is 6.92 Å². The number of carbonyl (C=O) groups excluding carboxylic acids is 1. The van der Waals surface area contributed by atoms with E-state index in [-0.39, 0.29) is 29.9 Å². The Balaban J connectivity index is 0.00000420. The summed E-state index contributed by atoms with van der Waals surface area (Å²) >= 11 is 1.45. The molecule has 160 valence electrons. The molecule has 0 saturated heterocycles. The summed E-state index contributed by atoms with van der Waals surface area (Å²) in [5, 5.41) is 11.4. The predicted molar refractivity (Wildman–Crippen MR) is 132 cm³/mol. The summed E-state index contributed by atoms with van der Waals surface area (Å²) in [5.41, 5.74) is 2.41. The molecule has 2 aromatic rings. The number of aryl methyl sites for hydroxylation is 1. The second kappa shape index (κ2) is 14.2. The molecule has 0 spiro atoms. The normalized spacial score (nSPS) is 10.8. The van der Waals surface area contributed by atoms with Gasteiger partial charge in [0.05, 0.1) is 12.0 Å². The van der Waals surface area contributed by atoms with Crippen LogP contribution in [0.4, 0.5) is 0 Å². The van der Waals surface area contributed by atoms with Crippen LogP contribution in [0.5, 0.6) is 5.75 Å². The maximum Gasteiger partial charge on any atom is 0.261 e. The van der Waals surface area contributed by atoms with Crippen LogP contribution >= 0.6 is 35.3 Å². The van der Waals surface area contributed by atoms with Crippen LogP contribution in [-0.2, 0) is 6.42 Å². The Morgan fingerprint density at radius 3 is 2.69 bits per heavy atom. The van der Waals surface area contributed by atoms with Crippen molar-refractivity contribution in [2.75, 3.05) is 33.3 Å². The molecule has 0 atom stereocenters. The third-order valence-corrected chi connectivity index (χ3v) is 4.97. The summed E-state index contributed by atoms with van der Waals surface area (Å²) in [5.74, 6) is 1.69. The largest absolute Gasteiger partial charge is 0.496 e. The number of halogens is 1. The third-order valence-electron chi connectivity index (χ3n) is 4.10. The number of benzene rings is 1. The van der Waals surface area contributed by atoms with Crippen LogP contribution in [0.1, 0.15) is 34.1 Å². The summed E-state index contributed by atoms with van der Waals surface area (Å²) in [4.78, 5) is 17.2. The highest BCUT2D eigenvalue weighted by Crippen LogP contribution is 2.19. The topological polar surface area (TPSA) is 74.8 Å². The molecule has 3 N–H and O–H groups in total. The number of methoxy groups -OCH3 is 1. The number of ether oxygens (including phenoxy) is 1. The van der Waals surface area contributed by atoms with E-state index < -0.39 is 0 Å². The summed E-state index contributed by atoms with van der Waals surface area (Å²) in [7, 11) is 1.70. The predicted octanol–water partition coefficient (Wildman–Crippen LogP) is 3.60. The lowest BCUT2D eigenvalue weighted by molar-refractivity contribution is 0.0957. The van der Waals surface area contributed by atoms with Crippen LogP contribution in [0.15, 0.2) is 40.7 Å². The molecule has 0 bridgehead atoms. The maximum atomic E-state index is 11.9. The van der Waals surface area contributed by atoms with E-state index in [1.54, 1.807) is 7.11 Å². The van der Waals surface area contributed by atoms with Gasteiger partial charge in [0.2, 0.25) is 0 Å². The van der Waals surface area contributed by atoms with E-state index in [0.29, 0.717) is 13.1 Å². The lowest BCUT2D eigenvalue weighted by Crippen LogP contribution is -2.38. The quantitative estimate of drug-likeness (QED) is 0.190. The van der Waals surface area contributed by atoms with Crippen LogP contribution < -0.4 is 20.7 Å². The molecule has 2 rings (SSSR count). The first kappa shape index (κ1) is 25.2. The average molecular weight is 530 g/mol. The van der Waals surface area contributed by atoms with Gasteiger partial charge in [-0.05, 0) is 49.8 Å². The van der Waals surface area contributed by atoms with Crippen molar-refractivity contribution in [3.63, 3.8) is 0 Å². The first-order valence-electron chi connectivity index (χ1n) is 9.61. The van der Waals surface area contributed by atoms with Gasteiger partial charge in [-0.1, -0.05) is 23.8 Å². The third kappa shape index (κ3) is 9.03. The van der Waals surface area contributed by atoms with Gasteiger partial charge in [0.1, 0.15) is 5.75 Å². The molecule has 0 aliphatic rings. The molecule has 1 aromatic carbocycles. The average Bonchev–Trinajstić information content (AvgIpc) is 3.22. The zero-order valence-electron chi connectivity index (χ0n) is 17.3. The number of aliphatic imine (C=N–C) groups is 1. The molecular formula is C21H31IN4O2S. The van der Waals surface area contributed by atoms with E-state index in [9.17, 15) is 4.79 Å². The van der Waals surface area contributed by atoms with E-state index in [0.717, 1.165) is 42.5 Å². The standard InChI is InChI=1S/C21H30N4O2S.HI/c1-4-22-21(24-12-6-11-23-20(26)19-7-5-14-28-19)25-13-10-17-15-16(2)8-9-18(17)27-3;/h5,7-9,14-15H,4,6,10-13H2,1-3H3,(H,23,26)(H2,22,24,25);1H. The Morgan fingerprint density at radius 1 is 1.17 bits per heavy atom. The van der Waals surface area contributed by atoms with Crippen LogP contribution in [0.3, 0.4) is 0 Å². The minimum absolute atomic E-state index is 0. The number of rotatable bonds is 10. The van der Waals surface area contributed by atoms with E-state index in [1.165, 1.54) is 22.5 Å². The highest BCUT2D eigenvalue weighted by molar-refractivity contribution is 14.0. The molecular weight excluding hydrogens is 499 g/mol. The number of hydrogen-bond acceptors (Lipinski definition) is 4. The highest BCUT2D eigenvalue weighted by Gasteiger charge is 2.05. The van der Waals surface area contributed by atoms with Crippen molar-refractivity contribution in [3.8, 4) is 5.75 Å². The summed E-state index contributed by atoms with van der Waals surface area (Å²) in [6, 6.07) is 9.92. The second-order valence-electron chi connectivity index (χ2n) is 6.34. The summed E-state index contributed by atoms with van der Waals surface area (Å²) in [6.07, 6.45) is 1.64. The van der Waals surface area contributed by atoms with Gasteiger partial charge in [-0.3, -0.25) is 9.79 Å². The number of nitrogens with zero attached hydrogens (tertiary/aromatic N) is 1. The monoisotopic (exact) mass is 530 g/mol. The smallest absolute Gasteiger partial charge is 0.261 e. The Kier molecular flexibility index (Phi) is 12.4. The molecule has 0 radical (unpaired) electrons. The van der Waals surface area contributed by atoms with Crippen molar-refractivity contribution in [2.45, 2.75) is 26.7 Å². The molecule has 1 amide bonds. The minimum Gasteiger partial charge on any atom is -0.496 e. The van der Waals surface area contributed by atoms with Gasteiger partial charge in [-0.15, -0.1) is 35.3 Å². The Morgan fingerprint density at radius 2 is 2.00 bits per heavy atom. The van der Waals surface area contributed by atoms with Crippen LogP contribution in [-0.4, -0.2) is 45.2 Å². The zero-order chi connectivity index (χ0) is 20.2. The van der Waals surface area contributed by atoms with Crippen molar-refractivity contribution in [1.29, 1.82) is 0 Å². The molecule has 0 aliphatic heterocycles. The molecule has 6 nitrogen and oxygen atoms in total. The van der Waals surface area contributed by atoms with Crippen LogP contribution in [0.2, 0.25) is 0 Å². The number of carbonyl (C=O) groups is 1. The fraction of sp³-hybridized carbons (Fsp3) is 0.429. The van der Waals surface area contributed by atoms with Crippen molar-refractivity contribution < 1.29 is 9.53 Å². The first-order chi connectivity index (χ1) is 13.6. The molecule has 0 saturated carbocycles. The van der Waals surface area contributed by atoms with E-state index in [4.69, 9.17) is 4.74 Å². The molecule has 0 fully saturated rings. The first-order valence-corrected chi connectivity index (χ1v) is 10.5. The highest BCUT2D eigenvalue weighted by atomic mass is 127. The lowest BCUT2D eigenvalue weighted by Gasteiger charge is -2.13. The fourth-order valence-electron chi connectivity index (χ4n) is 2.73. The number of nitrogens with one attached hydrogen (secondary N) is 3. The van der Waals surface area contributed by atoms with Gasteiger partial charge in [0.15, 0.2) is 5.96 Å². The second-order valence-corrected chi connectivity index (χ2v) is 7.29. The molecule has 1 aromatic heterocycles. The van der Waals surface area contributed by atoms with Crippen LogP contribution in [0.25, 0.3) is 0 Å².